The van der Waals surface area contributed by atoms with Crippen molar-refractivity contribution in [2.45, 2.75) is 120 Å². The summed E-state index contributed by atoms with van der Waals surface area (Å²) in [5, 5.41) is 5.75. The molecular formula is C38H51N3O13S2. The topological polar surface area (TPSA) is 240 Å². The number of amides is 4. The van der Waals surface area contributed by atoms with E-state index in [-0.39, 0.29) is 42.7 Å². The third-order valence-corrected chi connectivity index (χ3v) is 11.3. The van der Waals surface area contributed by atoms with Crippen LogP contribution in [0.4, 0.5) is 10.5 Å². The minimum Gasteiger partial charge on any atom is -0.432 e. The van der Waals surface area contributed by atoms with Crippen molar-refractivity contribution in [3.63, 3.8) is 0 Å². The Bertz CT molecular complexity index is 1930. The monoisotopic (exact) mass is 821 g/mol. The lowest BCUT2D eigenvalue weighted by atomic mass is 9.97. The van der Waals surface area contributed by atoms with Gasteiger partial charge in [0.2, 0.25) is 11.8 Å². The highest BCUT2D eigenvalue weighted by atomic mass is 32.2. The number of hydroxylamine groups is 2. The standard InChI is InChI=1S/C38H51N3O13S2/c42-34(39-22-23-55(47,48)49)14-12-10-8-6-4-2-1-3-5-7-9-11-13-15-35(43)40-27-16-18-29-30-19-17-28(56(50,51)52)25-32(30)33(31(29)24-27)26-53-38(46)54-41-36(44)20-21-37(41)45/h16-19,24-25,33H,1-15,20-23,26H2,(H,39,42)(H,40,43)(H,47,48,49)(H,50,51,52). The van der Waals surface area contributed by atoms with E-state index in [4.69, 9.17) is 14.1 Å². The number of ether oxygens (including phenoxy) is 1. The zero-order chi connectivity index (χ0) is 40.7. The third-order valence-electron chi connectivity index (χ3n) is 9.73. The predicted molar refractivity (Wildman–Crippen MR) is 204 cm³/mol. The van der Waals surface area contributed by atoms with Crippen LogP contribution in [-0.4, -0.2) is 79.7 Å². The lowest BCUT2D eigenvalue weighted by molar-refractivity contribution is -0.177. The molecule has 16 nitrogen and oxygen atoms in total. The van der Waals surface area contributed by atoms with Gasteiger partial charge in [-0.05, 0) is 59.4 Å². The van der Waals surface area contributed by atoms with Crippen molar-refractivity contribution in [2.24, 2.45) is 0 Å². The van der Waals surface area contributed by atoms with Gasteiger partial charge >= 0.3 is 6.16 Å². The van der Waals surface area contributed by atoms with Crippen molar-refractivity contribution in [3.8, 4) is 11.1 Å². The van der Waals surface area contributed by atoms with Crippen molar-refractivity contribution in [2.75, 3.05) is 24.2 Å². The van der Waals surface area contributed by atoms with Gasteiger partial charge in [-0.15, -0.1) is 0 Å². The molecule has 4 N–H and O–H groups in total. The fourth-order valence-electron chi connectivity index (χ4n) is 6.81. The lowest BCUT2D eigenvalue weighted by Gasteiger charge is -2.17. The van der Waals surface area contributed by atoms with E-state index < -0.39 is 49.9 Å². The summed E-state index contributed by atoms with van der Waals surface area (Å²) in [5.41, 5.74) is 2.93. The SMILES string of the molecule is O=C(CCCCCCCCCCCCCCCC(=O)Nc1ccc2c(c1)C(COC(=O)ON1C(=O)CCC1=O)c1cc(S(=O)(=O)O)ccc1-2)NCCS(=O)(=O)O. The second-order valence-electron chi connectivity index (χ2n) is 14.1. The Hall–Kier alpha value is -4.39. The quantitative estimate of drug-likeness (QED) is 0.0408. The summed E-state index contributed by atoms with van der Waals surface area (Å²) in [4.78, 5) is 65.1. The Balaban J connectivity index is 1.12. The molecule has 2 aromatic carbocycles. The van der Waals surface area contributed by atoms with E-state index in [1.807, 2.05) is 0 Å². The molecule has 0 bridgehead atoms. The lowest BCUT2D eigenvalue weighted by Crippen LogP contribution is -2.32. The van der Waals surface area contributed by atoms with Crippen LogP contribution in [0.1, 0.15) is 126 Å². The van der Waals surface area contributed by atoms with Crippen LogP contribution in [0.2, 0.25) is 0 Å². The molecule has 18 heteroatoms. The van der Waals surface area contributed by atoms with E-state index in [1.54, 1.807) is 18.2 Å². The molecule has 1 saturated heterocycles. The van der Waals surface area contributed by atoms with E-state index in [2.05, 4.69) is 10.6 Å². The predicted octanol–water partition coefficient (Wildman–Crippen LogP) is 6.06. The molecule has 1 fully saturated rings. The molecule has 4 amide bonds. The Morgan fingerprint density at radius 2 is 1.20 bits per heavy atom. The number of nitrogens with zero attached hydrogens (tertiary/aromatic N) is 1. The van der Waals surface area contributed by atoms with E-state index >= 15 is 0 Å². The molecule has 56 heavy (non-hydrogen) atoms. The number of rotatable bonds is 24. The number of fused-ring (bicyclic) bond motifs is 3. The van der Waals surface area contributed by atoms with Gasteiger partial charge in [-0.1, -0.05) is 87.8 Å². The second kappa shape index (κ2) is 21.2. The molecule has 1 aliphatic carbocycles. The molecule has 2 aliphatic rings. The molecular weight excluding hydrogens is 771 g/mol. The highest BCUT2D eigenvalue weighted by Crippen LogP contribution is 2.46. The first-order valence-corrected chi connectivity index (χ1v) is 22.2. The third kappa shape index (κ3) is 14.3. The smallest absolute Gasteiger partial charge is 0.432 e. The molecule has 1 aliphatic heterocycles. The van der Waals surface area contributed by atoms with Crippen LogP contribution in [0.3, 0.4) is 0 Å². The summed E-state index contributed by atoms with van der Waals surface area (Å²) in [7, 11) is -8.61. The van der Waals surface area contributed by atoms with Crippen molar-refractivity contribution in [3.05, 3.63) is 47.5 Å². The van der Waals surface area contributed by atoms with Crippen LogP contribution in [0, 0.1) is 0 Å². The first-order chi connectivity index (χ1) is 26.6. The van der Waals surface area contributed by atoms with Gasteiger partial charge in [-0.3, -0.25) is 33.1 Å². The van der Waals surface area contributed by atoms with E-state index in [9.17, 15) is 45.4 Å². The molecule has 1 unspecified atom stereocenters. The fraction of sp³-hybridized carbons (Fsp3) is 0.553. The van der Waals surface area contributed by atoms with E-state index in [1.165, 1.54) is 31.0 Å². The molecule has 0 spiro atoms. The highest BCUT2D eigenvalue weighted by molar-refractivity contribution is 7.86. The zero-order valence-electron chi connectivity index (χ0n) is 31.3. The number of unbranched alkanes of at least 4 members (excludes halogenated alkanes) is 12. The summed E-state index contributed by atoms with van der Waals surface area (Å²) in [5.74, 6) is -2.91. The fourth-order valence-corrected chi connectivity index (χ4v) is 7.69. The Morgan fingerprint density at radius 1 is 0.696 bits per heavy atom. The van der Waals surface area contributed by atoms with E-state index in [0.29, 0.717) is 45.8 Å². The molecule has 1 heterocycles. The average molecular weight is 822 g/mol. The van der Waals surface area contributed by atoms with Crippen molar-refractivity contribution in [1.82, 2.24) is 10.4 Å². The van der Waals surface area contributed by atoms with Gasteiger partial charge in [0.25, 0.3) is 32.1 Å². The summed E-state index contributed by atoms with van der Waals surface area (Å²) in [6, 6.07) is 9.30. The minimum absolute atomic E-state index is 0.0824. The van der Waals surface area contributed by atoms with Crippen molar-refractivity contribution < 1.29 is 59.5 Å². The second-order valence-corrected chi connectivity index (χ2v) is 17.1. The van der Waals surface area contributed by atoms with E-state index in [0.717, 1.165) is 70.6 Å². The first-order valence-electron chi connectivity index (χ1n) is 19.1. The Labute approximate surface area is 327 Å². The number of carbonyl (C=O) groups is 5. The molecule has 1 atom stereocenters. The van der Waals surface area contributed by atoms with Gasteiger partial charge in [0.1, 0.15) is 6.61 Å². The van der Waals surface area contributed by atoms with Gasteiger partial charge in [-0.25, -0.2) is 4.79 Å². The first kappa shape index (κ1) is 44.3. The maximum atomic E-state index is 12.8. The number of hydrogen-bond acceptors (Lipinski definition) is 11. The molecule has 0 saturated carbocycles. The normalized spacial score (nSPS) is 15.0. The van der Waals surface area contributed by atoms with Gasteiger partial charge in [0, 0.05) is 43.8 Å². The zero-order valence-corrected chi connectivity index (χ0v) is 33.0. The van der Waals surface area contributed by atoms with Gasteiger partial charge in [0.05, 0.1) is 10.6 Å². The summed E-state index contributed by atoms with van der Waals surface area (Å²) < 4.78 is 68.8. The maximum absolute atomic E-state index is 12.8. The summed E-state index contributed by atoms with van der Waals surface area (Å²) in [6.07, 6.45) is 12.6. The van der Waals surface area contributed by atoms with Crippen molar-refractivity contribution >= 4 is 55.7 Å². The van der Waals surface area contributed by atoms with Gasteiger partial charge < -0.3 is 15.4 Å². The molecule has 4 rings (SSSR count). The van der Waals surface area contributed by atoms with Crippen LogP contribution >= 0.6 is 0 Å². The molecule has 0 radical (unpaired) electrons. The number of imide groups is 1. The highest BCUT2D eigenvalue weighted by Gasteiger charge is 2.35. The number of carbonyl (C=O) groups excluding carboxylic acids is 5. The number of hydrogen-bond donors (Lipinski definition) is 4. The summed E-state index contributed by atoms with van der Waals surface area (Å²) >= 11 is 0. The number of benzene rings is 2. The van der Waals surface area contributed by atoms with Gasteiger partial charge in [0.15, 0.2) is 0 Å². The Morgan fingerprint density at radius 3 is 1.73 bits per heavy atom. The molecule has 0 aromatic heterocycles. The van der Waals surface area contributed by atoms with Crippen LogP contribution in [0.5, 0.6) is 0 Å². The van der Waals surface area contributed by atoms with Crippen LogP contribution in [-0.2, 0) is 49.0 Å². The number of anilines is 1. The maximum Gasteiger partial charge on any atom is 0.533 e. The van der Waals surface area contributed by atoms with Crippen molar-refractivity contribution in [1.29, 1.82) is 0 Å². The van der Waals surface area contributed by atoms with Crippen LogP contribution < -0.4 is 10.6 Å². The van der Waals surface area contributed by atoms with Crippen LogP contribution in [0.25, 0.3) is 11.1 Å². The largest absolute Gasteiger partial charge is 0.533 e. The molecule has 308 valence electrons. The molecule has 2 aromatic rings. The summed E-state index contributed by atoms with van der Waals surface area (Å²) in [6.45, 7) is -0.431. The Kier molecular flexibility index (Phi) is 16.8. The van der Waals surface area contributed by atoms with Gasteiger partial charge in [-0.2, -0.15) is 16.8 Å². The average Bonchev–Trinajstić information content (AvgIpc) is 3.61. The number of nitrogens with one attached hydrogen (secondary N) is 2. The minimum atomic E-state index is -4.54. The van der Waals surface area contributed by atoms with Crippen LogP contribution in [0.15, 0.2) is 41.3 Å².